The van der Waals surface area contributed by atoms with Gasteiger partial charge in [-0.1, -0.05) is 23.7 Å². The molecule has 26 heavy (non-hydrogen) atoms. The molecule has 1 aliphatic rings. The second-order valence-corrected chi connectivity index (χ2v) is 7.22. The molecule has 1 aliphatic heterocycles. The van der Waals surface area contributed by atoms with Crippen molar-refractivity contribution in [2.75, 3.05) is 26.1 Å². The van der Waals surface area contributed by atoms with Crippen molar-refractivity contribution >= 4 is 51.9 Å². The van der Waals surface area contributed by atoms with E-state index in [1.165, 1.54) is 11.8 Å². The Kier molecular flexibility index (Phi) is 5.54. The number of amidine groups is 1. The largest absolute Gasteiger partial charge is 0.495 e. The molecular formula is C19H18ClN3O2S. The van der Waals surface area contributed by atoms with Gasteiger partial charge < -0.3 is 15.0 Å². The predicted octanol–water partition coefficient (Wildman–Crippen LogP) is 4.31. The average molecular weight is 388 g/mol. The molecule has 1 saturated heterocycles. The average Bonchev–Trinajstić information content (AvgIpc) is 2.94. The van der Waals surface area contributed by atoms with Crippen molar-refractivity contribution in [1.29, 1.82) is 0 Å². The molecule has 3 rings (SSSR count). The zero-order valence-electron chi connectivity index (χ0n) is 14.6. The van der Waals surface area contributed by atoms with Gasteiger partial charge in [0.1, 0.15) is 5.75 Å². The highest BCUT2D eigenvalue weighted by Gasteiger charge is 2.23. The lowest BCUT2D eigenvalue weighted by Gasteiger charge is -2.11. The van der Waals surface area contributed by atoms with E-state index < -0.39 is 0 Å². The number of carbonyl (C=O) groups is 1. The van der Waals surface area contributed by atoms with Gasteiger partial charge in [0.2, 0.25) is 0 Å². The molecular weight excluding hydrogens is 370 g/mol. The van der Waals surface area contributed by atoms with Crippen LogP contribution in [0.4, 0.5) is 11.4 Å². The molecule has 1 amide bonds. The normalized spacial score (nSPS) is 16.8. The van der Waals surface area contributed by atoms with Crippen LogP contribution in [0, 0.1) is 0 Å². The molecule has 1 heterocycles. The topological polar surface area (TPSA) is 53.9 Å². The quantitative estimate of drug-likeness (QED) is 0.794. The van der Waals surface area contributed by atoms with Crippen molar-refractivity contribution in [3.63, 3.8) is 0 Å². The first kappa shape index (κ1) is 18.4. The molecule has 5 nitrogen and oxygen atoms in total. The van der Waals surface area contributed by atoms with Crippen LogP contribution in [-0.4, -0.2) is 32.3 Å². The van der Waals surface area contributed by atoms with E-state index in [0.29, 0.717) is 26.5 Å². The van der Waals surface area contributed by atoms with Crippen LogP contribution in [0.5, 0.6) is 5.75 Å². The fourth-order valence-electron chi connectivity index (χ4n) is 2.34. The fourth-order valence-corrected chi connectivity index (χ4v) is 3.44. The molecule has 0 unspecified atom stereocenters. The van der Waals surface area contributed by atoms with Crippen LogP contribution in [0.2, 0.25) is 5.02 Å². The second kappa shape index (κ2) is 7.85. The molecule has 0 bridgehead atoms. The number of benzene rings is 2. The highest BCUT2D eigenvalue weighted by molar-refractivity contribution is 8.18. The van der Waals surface area contributed by atoms with Crippen molar-refractivity contribution in [3.05, 3.63) is 58.0 Å². The molecule has 7 heteroatoms. The van der Waals surface area contributed by atoms with E-state index in [2.05, 4.69) is 10.3 Å². The fraction of sp³-hybridized carbons (Fsp3) is 0.158. The van der Waals surface area contributed by atoms with E-state index >= 15 is 0 Å². The number of methoxy groups -OCH3 is 1. The lowest BCUT2D eigenvalue weighted by molar-refractivity contribution is -0.115. The number of ether oxygens (including phenoxy) is 1. The number of nitrogens with one attached hydrogen (secondary N) is 1. The molecule has 0 aromatic heterocycles. The monoisotopic (exact) mass is 387 g/mol. The van der Waals surface area contributed by atoms with Crippen molar-refractivity contribution in [2.24, 2.45) is 4.99 Å². The van der Waals surface area contributed by atoms with Crippen LogP contribution < -0.4 is 15.0 Å². The number of amides is 1. The van der Waals surface area contributed by atoms with Gasteiger partial charge in [0, 0.05) is 19.8 Å². The standard InChI is InChI=1S/C19H18ClN3O2S/c1-23(2)14-7-4-12(5-8-14)10-17-18(24)22-19(26-17)21-13-6-9-16(25-3)15(20)11-13/h4-11H,1-3H3,(H,21,22,24)/b17-10-. The number of hydrogen-bond acceptors (Lipinski definition) is 5. The highest BCUT2D eigenvalue weighted by atomic mass is 35.5. The van der Waals surface area contributed by atoms with Crippen LogP contribution in [0.25, 0.3) is 6.08 Å². The summed E-state index contributed by atoms with van der Waals surface area (Å²) < 4.78 is 5.13. The summed E-state index contributed by atoms with van der Waals surface area (Å²) in [5, 5.41) is 3.77. The summed E-state index contributed by atoms with van der Waals surface area (Å²) in [5.41, 5.74) is 2.71. The van der Waals surface area contributed by atoms with Crippen LogP contribution >= 0.6 is 23.4 Å². The van der Waals surface area contributed by atoms with E-state index in [4.69, 9.17) is 16.3 Å². The Morgan fingerprint density at radius 2 is 1.92 bits per heavy atom. The van der Waals surface area contributed by atoms with Crippen LogP contribution in [0.3, 0.4) is 0 Å². The molecule has 1 N–H and O–H groups in total. The van der Waals surface area contributed by atoms with E-state index in [0.717, 1.165) is 11.3 Å². The summed E-state index contributed by atoms with van der Waals surface area (Å²) in [5.74, 6) is 0.422. The summed E-state index contributed by atoms with van der Waals surface area (Å²) in [6.45, 7) is 0. The van der Waals surface area contributed by atoms with Crippen molar-refractivity contribution in [1.82, 2.24) is 5.32 Å². The molecule has 0 radical (unpaired) electrons. The van der Waals surface area contributed by atoms with Crippen molar-refractivity contribution in [2.45, 2.75) is 0 Å². The molecule has 0 atom stereocenters. The smallest absolute Gasteiger partial charge is 0.264 e. The molecule has 2 aromatic carbocycles. The van der Waals surface area contributed by atoms with Gasteiger partial charge in [-0.25, -0.2) is 4.99 Å². The van der Waals surface area contributed by atoms with Crippen molar-refractivity contribution < 1.29 is 9.53 Å². The zero-order valence-corrected chi connectivity index (χ0v) is 16.2. The maximum absolute atomic E-state index is 12.2. The Balaban J connectivity index is 1.78. The molecule has 0 aliphatic carbocycles. The van der Waals surface area contributed by atoms with Gasteiger partial charge in [0.15, 0.2) is 5.17 Å². The molecule has 2 aromatic rings. The van der Waals surface area contributed by atoms with E-state index in [1.807, 2.05) is 49.3 Å². The predicted molar refractivity (Wildman–Crippen MR) is 110 cm³/mol. The first-order valence-electron chi connectivity index (χ1n) is 7.87. The Hall–Kier alpha value is -2.44. The third-order valence-electron chi connectivity index (χ3n) is 3.72. The minimum absolute atomic E-state index is 0.162. The first-order chi connectivity index (χ1) is 12.5. The van der Waals surface area contributed by atoms with E-state index in [1.54, 1.807) is 25.3 Å². The van der Waals surface area contributed by atoms with Gasteiger partial charge in [0.25, 0.3) is 5.91 Å². The molecule has 0 saturated carbocycles. The number of rotatable bonds is 4. The third kappa shape index (κ3) is 4.20. The van der Waals surface area contributed by atoms with E-state index in [-0.39, 0.29) is 5.91 Å². The van der Waals surface area contributed by atoms with Gasteiger partial charge >= 0.3 is 0 Å². The number of anilines is 1. The Morgan fingerprint density at radius 3 is 2.54 bits per heavy atom. The van der Waals surface area contributed by atoms with Gasteiger partial charge in [-0.2, -0.15) is 0 Å². The van der Waals surface area contributed by atoms with Gasteiger partial charge in [0.05, 0.1) is 22.7 Å². The number of aliphatic imine (C=N–C) groups is 1. The molecule has 1 fully saturated rings. The van der Waals surface area contributed by atoms with Crippen molar-refractivity contribution in [3.8, 4) is 5.75 Å². The lowest BCUT2D eigenvalue weighted by atomic mass is 10.2. The summed E-state index contributed by atoms with van der Waals surface area (Å²) >= 11 is 7.41. The molecule has 134 valence electrons. The van der Waals surface area contributed by atoms with Crippen LogP contribution in [0.1, 0.15) is 5.56 Å². The SMILES string of the molecule is COc1ccc(N=C2NC(=O)/C(=C/c3ccc(N(C)C)cc3)S2)cc1Cl. The Labute approximate surface area is 161 Å². The maximum atomic E-state index is 12.2. The van der Waals surface area contributed by atoms with Crippen LogP contribution in [0.15, 0.2) is 52.4 Å². The Morgan fingerprint density at radius 1 is 1.19 bits per heavy atom. The van der Waals surface area contributed by atoms with E-state index in [9.17, 15) is 4.79 Å². The third-order valence-corrected chi connectivity index (χ3v) is 4.93. The van der Waals surface area contributed by atoms with Gasteiger partial charge in [-0.3, -0.25) is 4.79 Å². The summed E-state index contributed by atoms with van der Waals surface area (Å²) in [6, 6.07) is 13.2. The van der Waals surface area contributed by atoms with Gasteiger partial charge in [-0.15, -0.1) is 0 Å². The molecule has 0 spiro atoms. The minimum atomic E-state index is -0.162. The maximum Gasteiger partial charge on any atom is 0.264 e. The first-order valence-corrected chi connectivity index (χ1v) is 9.06. The summed E-state index contributed by atoms with van der Waals surface area (Å²) in [6.07, 6.45) is 1.85. The lowest BCUT2D eigenvalue weighted by Crippen LogP contribution is -2.19. The summed E-state index contributed by atoms with van der Waals surface area (Å²) in [4.78, 5) is 19.2. The van der Waals surface area contributed by atoms with Gasteiger partial charge in [-0.05, 0) is 53.7 Å². The zero-order chi connectivity index (χ0) is 18.7. The number of hydrogen-bond donors (Lipinski definition) is 1. The second-order valence-electron chi connectivity index (χ2n) is 5.79. The number of halogens is 1. The Bertz CT molecular complexity index is 892. The highest BCUT2D eigenvalue weighted by Crippen LogP contribution is 2.32. The minimum Gasteiger partial charge on any atom is -0.495 e. The number of nitrogens with zero attached hydrogens (tertiary/aromatic N) is 2. The number of carbonyl (C=O) groups excluding carboxylic acids is 1. The van der Waals surface area contributed by atoms with Crippen LogP contribution in [-0.2, 0) is 4.79 Å². The number of thioether (sulfide) groups is 1. The summed E-state index contributed by atoms with van der Waals surface area (Å²) in [7, 11) is 5.53.